The van der Waals surface area contributed by atoms with Gasteiger partial charge in [0.05, 0.1) is 0 Å². The fourth-order valence-corrected chi connectivity index (χ4v) is 2.66. The van der Waals surface area contributed by atoms with Gasteiger partial charge in [-0.2, -0.15) is 0 Å². The smallest absolute Gasteiger partial charge is 0.255 e. The van der Waals surface area contributed by atoms with E-state index in [1.165, 1.54) is 0 Å². The van der Waals surface area contributed by atoms with Crippen LogP contribution in [-0.2, 0) is 0 Å². The third-order valence-electron chi connectivity index (χ3n) is 2.88. The summed E-state index contributed by atoms with van der Waals surface area (Å²) in [6.07, 6.45) is 0. The Morgan fingerprint density at radius 2 is 1.79 bits per heavy atom. The molecule has 2 aromatic carbocycles. The predicted octanol–water partition coefficient (Wildman–Crippen LogP) is 3.90. The van der Waals surface area contributed by atoms with E-state index in [1.807, 2.05) is 26.0 Å². The molecule has 19 heavy (non-hydrogen) atoms. The van der Waals surface area contributed by atoms with E-state index < -0.39 is 0 Å². The van der Waals surface area contributed by atoms with Crippen LogP contribution < -0.4 is 11.1 Å². The van der Waals surface area contributed by atoms with Gasteiger partial charge < -0.3 is 11.1 Å². The molecule has 4 heteroatoms. The maximum absolute atomic E-state index is 12.2. The molecule has 0 fully saturated rings. The summed E-state index contributed by atoms with van der Waals surface area (Å²) in [6.45, 7) is 3.93. The summed E-state index contributed by atoms with van der Waals surface area (Å²) in [5, 5.41) is 2.93. The second kappa shape index (κ2) is 5.45. The molecule has 0 aromatic heterocycles. The lowest BCUT2D eigenvalue weighted by Crippen LogP contribution is -2.14. The Labute approximate surface area is 121 Å². The molecule has 0 heterocycles. The van der Waals surface area contributed by atoms with Crippen LogP contribution in [0.2, 0.25) is 0 Å². The van der Waals surface area contributed by atoms with Gasteiger partial charge in [0, 0.05) is 21.4 Å². The molecule has 0 spiro atoms. The number of anilines is 2. The van der Waals surface area contributed by atoms with Crippen LogP contribution in [0, 0.1) is 13.8 Å². The van der Waals surface area contributed by atoms with Crippen molar-refractivity contribution in [3.63, 3.8) is 0 Å². The number of rotatable bonds is 2. The first-order valence-electron chi connectivity index (χ1n) is 5.91. The summed E-state index contributed by atoms with van der Waals surface area (Å²) in [5.41, 5.74) is 9.70. The molecule has 0 saturated heterocycles. The van der Waals surface area contributed by atoms with Crippen molar-refractivity contribution >= 4 is 33.2 Å². The van der Waals surface area contributed by atoms with E-state index in [-0.39, 0.29) is 5.91 Å². The van der Waals surface area contributed by atoms with Gasteiger partial charge in [0.15, 0.2) is 0 Å². The van der Waals surface area contributed by atoms with E-state index in [2.05, 4.69) is 21.2 Å². The summed E-state index contributed by atoms with van der Waals surface area (Å²) < 4.78 is 1.00. The summed E-state index contributed by atoms with van der Waals surface area (Å²) in [6, 6.07) is 10.9. The largest absolute Gasteiger partial charge is 0.399 e. The fraction of sp³-hybridized carbons (Fsp3) is 0.133. The van der Waals surface area contributed by atoms with E-state index in [9.17, 15) is 4.79 Å². The summed E-state index contributed by atoms with van der Waals surface area (Å²) >= 11 is 3.44. The maximum Gasteiger partial charge on any atom is 0.255 e. The van der Waals surface area contributed by atoms with E-state index >= 15 is 0 Å². The van der Waals surface area contributed by atoms with Gasteiger partial charge in [0.2, 0.25) is 0 Å². The highest BCUT2D eigenvalue weighted by molar-refractivity contribution is 9.10. The zero-order chi connectivity index (χ0) is 14.0. The van der Waals surface area contributed by atoms with Crippen molar-refractivity contribution in [2.24, 2.45) is 0 Å². The normalized spacial score (nSPS) is 10.3. The number of nitrogens with two attached hydrogens (primary N) is 1. The Bertz CT molecular complexity index is 615. The van der Waals surface area contributed by atoms with Crippen LogP contribution in [0.25, 0.3) is 0 Å². The molecule has 2 rings (SSSR count). The van der Waals surface area contributed by atoms with E-state index in [0.717, 1.165) is 21.3 Å². The molecule has 0 atom stereocenters. The third kappa shape index (κ3) is 3.15. The third-order valence-corrected chi connectivity index (χ3v) is 3.34. The summed E-state index contributed by atoms with van der Waals surface area (Å²) in [4.78, 5) is 12.2. The van der Waals surface area contributed by atoms with Crippen LogP contribution in [0.15, 0.2) is 40.9 Å². The molecule has 98 valence electrons. The first-order chi connectivity index (χ1) is 8.97. The van der Waals surface area contributed by atoms with E-state index in [4.69, 9.17) is 5.73 Å². The van der Waals surface area contributed by atoms with Crippen molar-refractivity contribution in [1.29, 1.82) is 0 Å². The molecule has 0 aliphatic heterocycles. The molecule has 0 bridgehead atoms. The number of nitrogen functional groups attached to an aromatic ring is 1. The highest BCUT2D eigenvalue weighted by atomic mass is 79.9. The summed E-state index contributed by atoms with van der Waals surface area (Å²) in [7, 11) is 0. The fourth-order valence-electron chi connectivity index (χ4n) is 1.97. The highest BCUT2D eigenvalue weighted by Crippen LogP contribution is 2.25. The van der Waals surface area contributed by atoms with Crippen LogP contribution in [0.3, 0.4) is 0 Å². The minimum absolute atomic E-state index is 0.152. The first-order valence-corrected chi connectivity index (χ1v) is 6.70. The molecule has 1 amide bonds. The van der Waals surface area contributed by atoms with Gasteiger partial charge in [-0.25, -0.2) is 0 Å². The monoisotopic (exact) mass is 318 g/mol. The number of hydrogen-bond acceptors (Lipinski definition) is 2. The molecule has 3 nitrogen and oxygen atoms in total. The van der Waals surface area contributed by atoms with Crippen LogP contribution in [0.4, 0.5) is 11.4 Å². The molecular weight excluding hydrogens is 304 g/mol. The molecule has 0 aliphatic rings. The van der Waals surface area contributed by atoms with Gasteiger partial charge in [0.1, 0.15) is 0 Å². The van der Waals surface area contributed by atoms with Crippen LogP contribution in [0.5, 0.6) is 0 Å². The second-order valence-electron chi connectivity index (χ2n) is 4.49. The Kier molecular flexibility index (Phi) is 3.90. The summed E-state index contributed by atoms with van der Waals surface area (Å²) in [5.74, 6) is -0.152. The average molecular weight is 319 g/mol. The number of halogens is 1. The second-order valence-corrected chi connectivity index (χ2v) is 5.41. The lowest BCUT2D eigenvalue weighted by atomic mass is 10.1. The van der Waals surface area contributed by atoms with Crippen LogP contribution in [-0.4, -0.2) is 5.91 Å². The minimum atomic E-state index is -0.152. The Hall–Kier alpha value is -1.81. The van der Waals surface area contributed by atoms with Gasteiger partial charge in [-0.15, -0.1) is 0 Å². The Morgan fingerprint density at radius 1 is 1.16 bits per heavy atom. The number of hydrogen-bond donors (Lipinski definition) is 2. The molecule has 2 aromatic rings. The van der Waals surface area contributed by atoms with E-state index in [1.54, 1.807) is 24.3 Å². The molecule has 0 radical (unpaired) electrons. The Morgan fingerprint density at radius 3 is 2.37 bits per heavy atom. The quantitative estimate of drug-likeness (QED) is 0.825. The van der Waals surface area contributed by atoms with Crippen molar-refractivity contribution in [3.05, 3.63) is 57.6 Å². The van der Waals surface area contributed by atoms with Gasteiger partial charge in [-0.3, -0.25) is 4.79 Å². The number of carbonyl (C=O) groups excluding carboxylic acids is 1. The van der Waals surface area contributed by atoms with Crippen molar-refractivity contribution < 1.29 is 4.79 Å². The first kappa shape index (κ1) is 13.6. The van der Waals surface area contributed by atoms with Gasteiger partial charge in [-0.1, -0.05) is 22.0 Å². The minimum Gasteiger partial charge on any atom is -0.399 e. The number of carbonyl (C=O) groups is 1. The van der Waals surface area contributed by atoms with E-state index in [0.29, 0.717) is 11.3 Å². The standard InChI is InChI=1S/C15H15BrN2O/c1-9-6-12(16)7-10(2)14(9)18-15(19)11-4-3-5-13(17)8-11/h3-8H,17H2,1-2H3,(H,18,19). The number of amides is 1. The zero-order valence-corrected chi connectivity index (χ0v) is 12.4. The maximum atomic E-state index is 12.2. The van der Waals surface area contributed by atoms with Gasteiger partial charge in [0.25, 0.3) is 5.91 Å². The lowest BCUT2D eigenvalue weighted by Gasteiger charge is -2.12. The number of benzene rings is 2. The highest BCUT2D eigenvalue weighted by Gasteiger charge is 2.10. The van der Waals surface area contributed by atoms with Gasteiger partial charge >= 0.3 is 0 Å². The van der Waals surface area contributed by atoms with Crippen molar-refractivity contribution in [2.45, 2.75) is 13.8 Å². The van der Waals surface area contributed by atoms with Crippen molar-refractivity contribution in [1.82, 2.24) is 0 Å². The number of aryl methyl sites for hydroxylation is 2. The van der Waals surface area contributed by atoms with Crippen LogP contribution in [0.1, 0.15) is 21.5 Å². The molecule has 0 aliphatic carbocycles. The lowest BCUT2D eigenvalue weighted by molar-refractivity contribution is 0.102. The Balaban J connectivity index is 2.29. The molecule has 0 saturated carbocycles. The SMILES string of the molecule is Cc1cc(Br)cc(C)c1NC(=O)c1cccc(N)c1. The molecule has 3 N–H and O–H groups in total. The van der Waals surface area contributed by atoms with Gasteiger partial charge in [-0.05, 0) is 55.3 Å². The zero-order valence-electron chi connectivity index (χ0n) is 10.8. The topological polar surface area (TPSA) is 55.1 Å². The molecular formula is C15H15BrN2O. The van der Waals surface area contributed by atoms with Crippen LogP contribution >= 0.6 is 15.9 Å². The van der Waals surface area contributed by atoms with Crippen molar-refractivity contribution in [3.8, 4) is 0 Å². The number of nitrogens with one attached hydrogen (secondary N) is 1. The predicted molar refractivity (Wildman–Crippen MR) is 82.4 cm³/mol. The van der Waals surface area contributed by atoms with Crippen molar-refractivity contribution in [2.75, 3.05) is 11.1 Å². The molecule has 0 unspecified atom stereocenters. The average Bonchev–Trinajstić information content (AvgIpc) is 2.33.